The zero-order valence-corrected chi connectivity index (χ0v) is 16.5. The Bertz CT molecular complexity index is 495. The number of hydrogen-bond acceptors (Lipinski definition) is 4. The molecule has 0 fully saturated rings. The highest BCUT2D eigenvalue weighted by atomic mass is 127. The van der Waals surface area contributed by atoms with Crippen LogP contribution >= 0.6 is 24.0 Å². The van der Waals surface area contributed by atoms with Crippen molar-refractivity contribution < 1.29 is 14.3 Å². The second-order valence-corrected chi connectivity index (χ2v) is 4.92. The topological polar surface area (TPSA) is 98.0 Å². The standard InChI is InChI=1S/C16H26N4O3.HI/c1-18-16(19-9-3-11-22-2)20-10-8-13-4-6-14(7-5-13)23-12-15(17)21;/h4-7H,3,8-12H2,1-2H3,(H2,17,21)(H2,18,19,20);1H. The first-order valence-electron chi connectivity index (χ1n) is 7.59. The SMILES string of the molecule is CN=C(NCCCOC)NCCc1ccc(OCC(N)=O)cc1.I. The van der Waals surface area contributed by atoms with Crippen LogP contribution in [-0.2, 0) is 16.0 Å². The van der Waals surface area contributed by atoms with Crippen LogP contribution in [0.15, 0.2) is 29.3 Å². The van der Waals surface area contributed by atoms with Gasteiger partial charge in [0.1, 0.15) is 5.75 Å². The molecule has 0 bridgehead atoms. The summed E-state index contributed by atoms with van der Waals surface area (Å²) < 4.78 is 10.2. The fraction of sp³-hybridized carbons (Fsp3) is 0.500. The van der Waals surface area contributed by atoms with Crippen molar-refractivity contribution in [3.8, 4) is 5.75 Å². The summed E-state index contributed by atoms with van der Waals surface area (Å²) >= 11 is 0. The van der Waals surface area contributed by atoms with E-state index >= 15 is 0 Å². The Morgan fingerprint density at radius 1 is 1.21 bits per heavy atom. The van der Waals surface area contributed by atoms with Gasteiger partial charge in [-0.15, -0.1) is 24.0 Å². The van der Waals surface area contributed by atoms with E-state index in [4.69, 9.17) is 15.2 Å². The summed E-state index contributed by atoms with van der Waals surface area (Å²) in [6, 6.07) is 7.59. The van der Waals surface area contributed by atoms with Crippen molar-refractivity contribution in [1.29, 1.82) is 0 Å². The molecule has 0 aliphatic rings. The molecule has 136 valence electrons. The molecule has 0 spiro atoms. The smallest absolute Gasteiger partial charge is 0.255 e. The molecular formula is C16H27IN4O3. The van der Waals surface area contributed by atoms with Gasteiger partial charge in [0.25, 0.3) is 5.91 Å². The van der Waals surface area contributed by atoms with Gasteiger partial charge in [0.2, 0.25) is 0 Å². The van der Waals surface area contributed by atoms with Crippen LogP contribution in [0.2, 0.25) is 0 Å². The number of benzene rings is 1. The number of carbonyl (C=O) groups is 1. The number of amides is 1. The molecule has 8 heteroatoms. The van der Waals surface area contributed by atoms with E-state index in [0.29, 0.717) is 5.75 Å². The van der Waals surface area contributed by atoms with E-state index in [0.717, 1.165) is 38.5 Å². The van der Waals surface area contributed by atoms with Crippen molar-refractivity contribution in [3.05, 3.63) is 29.8 Å². The highest BCUT2D eigenvalue weighted by molar-refractivity contribution is 14.0. The Kier molecular flexibility index (Phi) is 13.0. The third-order valence-electron chi connectivity index (χ3n) is 3.05. The van der Waals surface area contributed by atoms with Gasteiger partial charge < -0.3 is 25.8 Å². The Morgan fingerprint density at radius 2 is 1.88 bits per heavy atom. The number of primary amides is 1. The van der Waals surface area contributed by atoms with Gasteiger partial charge in [-0.2, -0.15) is 0 Å². The van der Waals surface area contributed by atoms with Gasteiger partial charge in [0.15, 0.2) is 12.6 Å². The third kappa shape index (κ3) is 10.3. The van der Waals surface area contributed by atoms with Crippen LogP contribution in [0.1, 0.15) is 12.0 Å². The zero-order valence-electron chi connectivity index (χ0n) is 14.2. The second-order valence-electron chi connectivity index (χ2n) is 4.92. The van der Waals surface area contributed by atoms with Gasteiger partial charge in [-0.1, -0.05) is 12.1 Å². The fourth-order valence-corrected chi connectivity index (χ4v) is 1.88. The van der Waals surface area contributed by atoms with Crippen molar-refractivity contribution >= 4 is 35.8 Å². The van der Waals surface area contributed by atoms with Gasteiger partial charge in [-0.25, -0.2) is 0 Å². The Labute approximate surface area is 160 Å². The first-order chi connectivity index (χ1) is 11.2. The lowest BCUT2D eigenvalue weighted by atomic mass is 10.1. The van der Waals surface area contributed by atoms with Crippen LogP contribution in [0.5, 0.6) is 5.75 Å². The summed E-state index contributed by atoms with van der Waals surface area (Å²) in [4.78, 5) is 14.8. The summed E-state index contributed by atoms with van der Waals surface area (Å²) in [6.45, 7) is 2.21. The highest BCUT2D eigenvalue weighted by Gasteiger charge is 2.00. The molecule has 0 saturated carbocycles. The van der Waals surface area contributed by atoms with E-state index in [2.05, 4.69) is 15.6 Å². The Balaban J connectivity index is 0.00000529. The highest BCUT2D eigenvalue weighted by Crippen LogP contribution is 2.12. The first kappa shape index (κ1) is 22.4. The van der Waals surface area contributed by atoms with Crippen molar-refractivity contribution in [1.82, 2.24) is 10.6 Å². The number of nitrogens with one attached hydrogen (secondary N) is 2. The zero-order chi connectivity index (χ0) is 16.9. The van der Waals surface area contributed by atoms with Crippen molar-refractivity contribution in [2.45, 2.75) is 12.8 Å². The van der Waals surface area contributed by atoms with E-state index in [9.17, 15) is 4.79 Å². The van der Waals surface area contributed by atoms with E-state index in [1.54, 1.807) is 14.2 Å². The molecule has 24 heavy (non-hydrogen) atoms. The van der Waals surface area contributed by atoms with Crippen molar-refractivity contribution in [2.24, 2.45) is 10.7 Å². The molecule has 0 aromatic heterocycles. The van der Waals surface area contributed by atoms with Crippen molar-refractivity contribution in [3.63, 3.8) is 0 Å². The lowest BCUT2D eigenvalue weighted by Crippen LogP contribution is -2.38. The van der Waals surface area contributed by atoms with Crippen LogP contribution in [-0.4, -0.2) is 52.3 Å². The fourth-order valence-electron chi connectivity index (χ4n) is 1.88. The largest absolute Gasteiger partial charge is 0.484 e. The third-order valence-corrected chi connectivity index (χ3v) is 3.05. The number of nitrogens with two attached hydrogens (primary N) is 1. The number of rotatable bonds is 10. The summed E-state index contributed by atoms with van der Waals surface area (Å²) in [5.41, 5.74) is 6.20. The minimum absolute atomic E-state index is 0. The summed E-state index contributed by atoms with van der Waals surface area (Å²) in [7, 11) is 3.44. The maximum atomic E-state index is 10.6. The van der Waals surface area contributed by atoms with Crippen LogP contribution in [0.25, 0.3) is 0 Å². The van der Waals surface area contributed by atoms with Gasteiger partial charge in [-0.3, -0.25) is 9.79 Å². The average Bonchev–Trinajstić information content (AvgIpc) is 2.56. The number of carbonyl (C=O) groups excluding carboxylic acids is 1. The molecule has 4 N–H and O–H groups in total. The summed E-state index contributed by atoms with van der Waals surface area (Å²) in [5.74, 6) is 0.932. The maximum absolute atomic E-state index is 10.6. The molecule has 1 amide bonds. The summed E-state index contributed by atoms with van der Waals surface area (Å²) in [6.07, 6.45) is 1.79. The van der Waals surface area contributed by atoms with Gasteiger partial charge in [-0.05, 0) is 30.5 Å². The molecular weight excluding hydrogens is 423 g/mol. The van der Waals surface area contributed by atoms with Crippen LogP contribution in [0, 0.1) is 0 Å². The molecule has 0 unspecified atom stereocenters. The quantitative estimate of drug-likeness (QED) is 0.213. The predicted molar refractivity (Wildman–Crippen MR) is 106 cm³/mol. The minimum Gasteiger partial charge on any atom is -0.484 e. The maximum Gasteiger partial charge on any atom is 0.255 e. The first-order valence-corrected chi connectivity index (χ1v) is 7.59. The molecule has 0 aliphatic carbocycles. The minimum atomic E-state index is -0.484. The predicted octanol–water partition coefficient (Wildman–Crippen LogP) is 0.913. The second kappa shape index (κ2) is 13.8. The lowest BCUT2D eigenvalue weighted by molar-refractivity contribution is -0.119. The molecule has 0 heterocycles. The van der Waals surface area contributed by atoms with E-state index in [-0.39, 0.29) is 30.6 Å². The van der Waals surface area contributed by atoms with Crippen LogP contribution < -0.4 is 21.1 Å². The number of ether oxygens (including phenoxy) is 2. The Hall–Kier alpha value is -1.55. The number of hydrogen-bond donors (Lipinski definition) is 3. The van der Waals surface area contributed by atoms with Crippen LogP contribution in [0.4, 0.5) is 0 Å². The molecule has 1 aromatic rings. The van der Waals surface area contributed by atoms with E-state index < -0.39 is 5.91 Å². The number of aliphatic imine (C=N–C) groups is 1. The number of methoxy groups -OCH3 is 1. The van der Waals surface area contributed by atoms with E-state index in [1.165, 1.54) is 5.56 Å². The molecule has 0 radical (unpaired) electrons. The Morgan fingerprint density at radius 3 is 2.46 bits per heavy atom. The van der Waals surface area contributed by atoms with Gasteiger partial charge in [0, 0.05) is 33.9 Å². The van der Waals surface area contributed by atoms with E-state index in [1.807, 2.05) is 24.3 Å². The molecule has 0 saturated heterocycles. The number of halogens is 1. The number of guanidine groups is 1. The normalized spacial score (nSPS) is 10.7. The van der Waals surface area contributed by atoms with Gasteiger partial charge in [0.05, 0.1) is 0 Å². The molecule has 7 nitrogen and oxygen atoms in total. The molecule has 0 atom stereocenters. The average molecular weight is 450 g/mol. The molecule has 1 rings (SSSR count). The lowest BCUT2D eigenvalue weighted by Gasteiger charge is -2.12. The van der Waals surface area contributed by atoms with Crippen LogP contribution in [0.3, 0.4) is 0 Å². The molecule has 0 aliphatic heterocycles. The number of nitrogens with zero attached hydrogens (tertiary/aromatic N) is 1. The van der Waals surface area contributed by atoms with Gasteiger partial charge >= 0.3 is 0 Å². The van der Waals surface area contributed by atoms with Crippen molar-refractivity contribution in [2.75, 3.05) is 40.5 Å². The summed E-state index contributed by atoms with van der Waals surface area (Å²) in [5, 5.41) is 6.48. The molecule has 1 aromatic carbocycles. The monoisotopic (exact) mass is 450 g/mol.